The van der Waals surface area contributed by atoms with Crippen molar-refractivity contribution in [1.29, 1.82) is 0 Å². The van der Waals surface area contributed by atoms with E-state index in [1.165, 1.54) is 31.2 Å². The lowest BCUT2D eigenvalue weighted by atomic mass is 10.2. The van der Waals surface area contributed by atoms with E-state index in [2.05, 4.69) is 43.2 Å². The maximum atomic E-state index is 5.66. The first-order valence-corrected chi connectivity index (χ1v) is 7.97. The van der Waals surface area contributed by atoms with Gasteiger partial charge in [0.1, 0.15) is 0 Å². The highest BCUT2D eigenvalue weighted by atomic mass is 16.5. The number of nitrogens with zero attached hydrogens (tertiary/aromatic N) is 1. The number of nitrogens with one attached hydrogen (secondary N) is 1. The molecule has 20 heavy (non-hydrogen) atoms. The molecule has 3 nitrogen and oxygen atoms in total. The zero-order valence-electron chi connectivity index (χ0n) is 13.3. The average Bonchev–Trinajstić information content (AvgIpc) is 2.45. The van der Waals surface area contributed by atoms with Gasteiger partial charge in [-0.05, 0) is 18.1 Å². The molecule has 0 atom stereocenters. The molecular formula is C17H30N2O. The standard InChI is InChI=1S/C17H30N2O/c1-4-5-6-7-8-11-20-14-17-10-9-16(13-19-17)12-18-15(2)3/h9-10,13,15,18H,4-8,11-12,14H2,1-3H3. The fraction of sp³-hybridized carbons (Fsp3) is 0.706. The number of hydrogen-bond acceptors (Lipinski definition) is 3. The smallest absolute Gasteiger partial charge is 0.0887 e. The second-order valence-electron chi connectivity index (χ2n) is 5.66. The Morgan fingerprint density at radius 1 is 1.15 bits per heavy atom. The molecule has 1 aromatic heterocycles. The summed E-state index contributed by atoms with van der Waals surface area (Å²) in [7, 11) is 0. The van der Waals surface area contributed by atoms with Gasteiger partial charge < -0.3 is 10.1 Å². The fourth-order valence-corrected chi connectivity index (χ4v) is 1.95. The summed E-state index contributed by atoms with van der Waals surface area (Å²) in [6.45, 7) is 8.89. The lowest BCUT2D eigenvalue weighted by molar-refractivity contribution is 0.114. The summed E-state index contributed by atoms with van der Waals surface area (Å²) in [5.41, 5.74) is 2.24. The molecule has 0 bridgehead atoms. The van der Waals surface area contributed by atoms with Crippen LogP contribution in [0.15, 0.2) is 18.3 Å². The molecular weight excluding hydrogens is 248 g/mol. The number of ether oxygens (including phenoxy) is 1. The van der Waals surface area contributed by atoms with Crippen molar-refractivity contribution in [2.75, 3.05) is 6.61 Å². The lowest BCUT2D eigenvalue weighted by Gasteiger charge is -2.08. The van der Waals surface area contributed by atoms with Gasteiger partial charge in [-0.25, -0.2) is 0 Å². The monoisotopic (exact) mass is 278 g/mol. The van der Waals surface area contributed by atoms with Gasteiger partial charge in [-0.3, -0.25) is 4.98 Å². The van der Waals surface area contributed by atoms with Crippen LogP contribution in [0.4, 0.5) is 0 Å². The van der Waals surface area contributed by atoms with Gasteiger partial charge in [-0.2, -0.15) is 0 Å². The van der Waals surface area contributed by atoms with Gasteiger partial charge in [-0.1, -0.05) is 52.5 Å². The summed E-state index contributed by atoms with van der Waals surface area (Å²) in [5, 5.41) is 3.39. The molecule has 3 heteroatoms. The second-order valence-corrected chi connectivity index (χ2v) is 5.66. The van der Waals surface area contributed by atoms with Crippen LogP contribution in [0.1, 0.15) is 64.1 Å². The van der Waals surface area contributed by atoms with Gasteiger partial charge in [-0.15, -0.1) is 0 Å². The Labute approximate surface area is 124 Å². The van der Waals surface area contributed by atoms with Crippen LogP contribution in [0.3, 0.4) is 0 Å². The molecule has 1 heterocycles. The lowest BCUT2D eigenvalue weighted by Crippen LogP contribution is -2.21. The zero-order valence-corrected chi connectivity index (χ0v) is 13.3. The van der Waals surface area contributed by atoms with Crippen LogP contribution in [-0.4, -0.2) is 17.6 Å². The molecule has 1 aromatic rings. The molecule has 0 radical (unpaired) electrons. The second kappa shape index (κ2) is 10.8. The van der Waals surface area contributed by atoms with Crippen molar-refractivity contribution in [2.24, 2.45) is 0 Å². The van der Waals surface area contributed by atoms with Crippen molar-refractivity contribution < 1.29 is 4.74 Å². The Morgan fingerprint density at radius 2 is 1.95 bits per heavy atom. The van der Waals surface area contributed by atoms with Gasteiger partial charge in [0.15, 0.2) is 0 Å². The van der Waals surface area contributed by atoms with E-state index in [0.717, 1.165) is 25.3 Å². The van der Waals surface area contributed by atoms with Crippen LogP contribution >= 0.6 is 0 Å². The minimum absolute atomic E-state index is 0.505. The number of hydrogen-bond donors (Lipinski definition) is 1. The van der Waals surface area contributed by atoms with E-state index >= 15 is 0 Å². The molecule has 0 aliphatic heterocycles. The zero-order chi connectivity index (χ0) is 14.6. The van der Waals surface area contributed by atoms with Crippen LogP contribution in [0.2, 0.25) is 0 Å². The third-order valence-electron chi connectivity index (χ3n) is 3.24. The predicted octanol–water partition coefficient (Wildman–Crippen LogP) is 4.07. The first kappa shape index (κ1) is 17.1. The maximum Gasteiger partial charge on any atom is 0.0887 e. The highest BCUT2D eigenvalue weighted by Crippen LogP contribution is 2.05. The van der Waals surface area contributed by atoms with E-state index in [1.54, 1.807) is 0 Å². The highest BCUT2D eigenvalue weighted by molar-refractivity contribution is 5.13. The first-order valence-electron chi connectivity index (χ1n) is 7.97. The fourth-order valence-electron chi connectivity index (χ4n) is 1.95. The van der Waals surface area contributed by atoms with Crippen LogP contribution < -0.4 is 5.32 Å². The van der Waals surface area contributed by atoms with Crippen molar-refractivity contribution in [3.8, 4) is 0 Å². The molecule has 0 aliphatic carbocycles. The summed E-state index contributed by atoms with van der Waals surface area (Å²) in [6.07, 6.45) is 8.35. The van der Waals surface area contributed by atoms with E-state index in [1.807, 2.05) is 6.20 Å². The van der Waals surface area contributed by atoms with Crippen molar-refractivity contribution in [3.63, 3.8) is 0 Å². The largest absolute Gasteiger partial charge is 0.375 e. The molecule has 0 saturated heterocycles. The van der Waals surface area contributed by atoms with Gasteiger partial charge in [0.2, 0.25) is 0 Å². The SMILES string of the molecule is CCCCCCCOCc1ccc(CNC(C)C)cn1. The van der Waals surface area contributed by atoms with E-state index in [-0.39, 0.29) is 0 Å². The van der Waals surface area contributed by atoms with Crippen molar-refractivity contribution >= 4 is 0 Å². The van der Waals surface area contributed by atoms with Gasteiger partial charge in [0, 0.05) is 25.4 Å². The molecule has 0 unspecified atom stereocenters. The number of aromatic nitrogens is 1. The Bertz CT molecular complexity index is 335. The van der Waals surface area contributed by atoms with Crippen LogP contribution in [-0.2, 0) is 17.9 Å². The molecule has 0 aromatic carbocycles. The van der Waals surface area contributed by atoms with Gasteiger partial charge in [0.25, 0.3) is 0 Å². The molecule has 0 saturated carbocycles. The molecule has 1 rings (SSSR count). The quantitative estimate of drug-likeness (QED) is 0.620. The van der Waals surface area contributed by atoms with E-state index < -0.39 is 0 Å². The minimum atomic E-state index is 0.505. The van der Waals surface area contributed by atoms with E-state index in [0.29, 0.717) is 12.6 Å². The Balaban J connectivity index is 2.12. The number of rotatable bonds is 11. The third-order valence-corrected chi connectivity index (χ3v) is 3.24. The summed E-state index contributed by atoms with van der Waals surface area (Å²) in [6, 6.07) is 4.70. The number of pyridine rings is 1. The van der Waals surface area contributed by atoms with Crippen LogP contribution in [0.5, 0.6) is 0 Å². The predicted molar refractivity (Wildman–Crippen MR) is 84.6 cm³/mol. The summed E-state index contributed by atoms with van der Waals surface area (Å²) in [4.78, 5) is 4.44. The maximum absolute atomic E-state index is 5.66. The van der Waals surface area contributed by atoms with Crippen molar-refractivity contribution in [2.45, 2.75) is 72.1 Å². The highest BCUT2D eigenvalue weighted by Gasteiger charge is 1.98. The van der Waals surface area contributed by atoms with E-state index in [4.69, 9.17) is 4.74 Å². The summed E-state index contributed by atoms with van der Waals surface area (Å²) >= 11 is 0. The van der Waals surface area contributed by atoms with E-state index in [9.17, 15) is 0 Å². The molecule has 0 amide bonds. The van der Waals surface area contributed by atoms with Crippen molar-refractivity contribution in [3.05, 3.63) is 29.6 Å². The number of unbranched alkanes of at least 4 members (excludes halogenated alkanes) is 4. The molecule has 1 N–H and O–H groups in total. The Hall–Kier alpha value is -0.930. The Morgan fingerprint density at radius 3 is 2.60 bits per heavy atom. The average molecular weight is 278 g/mol. The Kier molecular flexibility index (Phi) is 9.25. The minimum Gasteiger partial charge on any atom is -0.375 e. The third kappa shape index (κ3) is 8.28. The van der Waals surface area contributed by atoms with Gasteiger partial charge >= 0.3 is 0 Å². The molecule has 0 aliphatic rings. The summed E-state index contributed by atoms with van der Waals surface area (Å²) in [5.74, 6) is 0. The summed E-state index contributed by atoms with van der Waals surface area (Å²) < 4.78 is 5.66. The molecule has 114 valence electrons. The van der Waals surface area contributed by atoms with Crippen LogP contribution in [0.25, 0.3) is 0 Å². The van der Waals surface area contributed by atoms with Crippen molar-refractivity contribution in [1.82, 2.24) is 10.3 Å². The topological polar surface area (TPSA) is 34.1 Å². The normalized spacial score (nSPS) is 11.2. The van der Waals surface area contributed by atoms with Crippen LogP contribution in [0, 0.1) is 0 Å². The molecule has 0 fully saturated rings. The first-order chi connectivity index (χ1) is 9.72. The van der Waals surface area contributed by atoms with Gasteiger partial charge in [0.05, 0.1) is 12.3 Å². The molecule has 0 spiro atoms.